The van der Waals surface area contributed by atoms with E-state index in [1.165, 1.54) is 23.5 Å². The van der Waals surface area contributed by atoms with Crippen LogP contribution in [-0.4, -0.2) is 35.7 Å². The molecule has 0 aliphatic carbocycles. The largest absolute Gasteiger partial charge is 0.573 e. The normalized spacial score (nSPS) is 11.5. The first kappa shape index (κ1) is 21.8. The Morgan fingerprint density at radius 3 is 2.47 bits per heavy atom. The van der Waals surface area contributed by atoms with Crippen LogP contribution < -0.4 is 10.1 Å². The van der Waals surface area contributed by atoms with Gasteiger partial charge < -0.3 is 10.1 Å². The lowest BCUT2D eigenvalue weighted by Crippen LogP contribution is -2.30. The number of nitrogens with zero attached hydrogens (tertiary/aromatic N) is 2. The number of amides is 1. The first-order valence-electron chi connectivity index (χ1n) is 9.03. The number of hydrogen-bond donors (Lipinski definition) is 1. The minimum atomic E-state index is -4.71. The van der Waals surface area contributed by atoms with Crippen LogP contribution in [0.25, 0.3) is 11.1 Å². The average Bonchev–Trinajstić information content (AvgIpc) is 3.15. The van der Waals surface area contributed by atoms with Crippen molar-refractivity contribution in [2.75, 3.05) is 18.9 Å². The maximum atomic E-state index is 12.3. The molecule has 0 radical (unpaired) electrons. The number of carbonyl (C=O) groups is 1. The molecule has 0 unspecified atom stereocenters. The summed E-state index contributed by atoms with van der Waals surface area (Å²) in [4.78, 5) is 18.0. The van der Waals surface area contributed by atoms with Gasteiger partial charge in [-0.15, -0.1) is 24.5 Å². The molecular formula is C21H20F3N3O2S. The highest BCUT2D eigenvalue weighted by atomic mass is 32.1. The summed E-state index contributed by atoms with van der Waals surface area (Å²) >= 11 is 1.36. The van der Waals surface area contributed by atoms with Crippen LogP contribution in [0, 0.1) is 6.92 Å². The van der Waals surface area contributed by atoms with Crippen molar-refractivity contribution in [1.29, 1.82) is 0 Å². The third-order valence-corrected chi connectivity index (χ3v) is 4.98. The number of nitrogens with one attached hydrogen (secondary N) is 1. The van der Waals surface area contributed by atoms with Gasteiger partial charge in [-0.05, 0) is 48.4 Å². The van der Waals surface area contributed by atoms with E-state index in [0.717, 1.165) is 22.3 Å². The topological polar surface area (TPSA) is 54.5 Å². The Kier molecular flexibility index (Phi) is 6.73. The number of alkyl halides is 3. The standard InChI is InChI=1S/C21H20F3N3O2S/c1-14-11-16(15-5-7-18(8-6-15)29-21(22,23)24)3-4-17(14)12-27(2)13-19(28)26-20-25-9-10-30-20/h3-11H,12-13H2,1-2H3,(H,25,26,28). The molecule has 5 nitrogen and oxygen atoms in total. The molecule has 1 amide bonds. The zero-order valence-corrected chi connectivity index (χ0v) is 17.2. The monoisotopic (exact) mass is 435 g/mol. The number of aromatic nitrogens is 1. The molecule has 9 heteroatoms. The summed E-state index contributed by atoms with van der Waals surface area (Å²) in [6, 6.07) is 11.6. The smallest absolute Gasteiger partial charge is 0.406 e. The van der Waals surface area contributed by atoms with E-state index >= 15 is 0 Å². The Morgan fingerprint density at radius 1 is 1.17 bits per heavy atom. The molecule has 30 heavy (non-hydrogen) atoms. The summed E-state index contributed by atoms with van der Waals surface area (Å²) in [5.74, 6) is -0.389. The third-order valence-electron chi connectivity index (χ3n) is 4.30. The van der Waals surface area contributed by atoms with Gasteiger partial charge in [0.2, 0.25) is 5.91 Å². The molecule has 158 valence electrons. The molecule has 0 aliphatic rings. The van der Waals surface area contributed by atoms with E-state index in [2.05, 4.69) is 15.0 Å². The molecule has 0 bridgehead atoms. The first-order chi connectivity index (χ1) is 14.2. The Bertz CT molecular complexity index is 990. The first-order valence-corrected chi connectivity index (χ1v) is 9.91. The molecule has 1 N–H and O–H groups in total. The van der Waals surface area contributed by atoms with E-state index < -0.39 is 6.36 Å². The van der Waals surface area contributed by atoms with Crippen molar-refractivity contribution < 1.29 is 22.7 Å². The van der Waals surface area contributed by atoms with Crippen LogP contribution in [0.2, 0.25) is 0 Å². The number of thiazole rings is 1. The molecule has 0 saturated carbocycles. The van der Waals surface area contributed by atoms with E-state index in [-0.39, 0.29) is 18.2 Å². The summed E-state index contributed by atoms with van der Waals surface area (Å²) < 4.78 is 40.8. The van der Waals surface area contributed by atoms with Crippen molar-refractivity contribution >= 4 is 22.4 Å². The number of hydrogen-bond acceptors (Lipinski definition) is 5. The lowest BCUT2D eigenvalue weighted by atomic mass is 9.99. The van der Waals surface area contributed by atoms with Crippen LogP contribution in [0.1, 0.15) is 11.1 Å². The molecule has 0 fully saturated rings. The van der Waals surface area contributed by atoms with Crippen molar-refractivity contribution in [3.8, 4) is 16.9 Å². The van der Waals surface area contributed by atoms with Gasteiger partial charge in [-0.1, -0.05) is 30.3 Å². The third kappa shape index (κ3) is 6.30. The molecule has 0 spiro atoms. The highest BCUT2D eigenvalue weighted by molar-refractivity contribution is 7.13. The van der Waals surface area contributed by atoms with E-state index in [4.69, 9.17) is 0 Å². The zero-order chi connectivity index (χ0) is 21.7. The lowest BCUT2D eigenvalue weighted by Gasteiger charge is -2.18. The average molecular weight is 435 g/mol. The molecule has 3 rings (SSSR count). The van der Waals surface area contributed by atoms with E-state index in [1.807, 2.05) is 37.1 Å². The predicted molar refractivity (Wildman–Crippen MR) is 110 cm³/mol. The summed E-state index contributed by atoms with van der Waals surface area (Å²) in [6.07, 6.45) is -3.07. The lowest BCUT2D eigenvalue weighted by molar-refractivity contribution is -0.274. The minimum absolute atomic E-state index is 0.136. The maximum Gasteiger partial charge on any atom is 0.573 e. The second-order valence-corrected chi connectivity index (χ2v) is 7.67. The van der Waals surface area contributed by atoms with Crippen LogP contribution in [0.15, 0.2) is 54.0 Å². The van der Waals surface area contributed by atoms with Gasteiger partial charge in [0.15, 0.2) is 5.13 Å². The fourth-order valence-corrected chi connectivity index (χ4v) is 3.48. The summed E-state index contributed by atoms with van der Waals surface area (Å²) in [6.45, 7) is 2.76. The number of aryl methyl sites for hydroxylation is 1. The van der Waals surface area contributed by atoms with Gasteiger partial charge in [0.05, 0.1) is 6.54 Å². The van der Waals surface area contributed by atoms with Gasteiger partial charge in [0, 0.05) is 18.1 Å². The van der Waals surface area contributed by atoms with Crippen molar-refractivity contribution in [2.45, 2.75) is 19.8 Å². The van der Waals surface area contributed by atoms with Crippen molar-refractivity contribution in [3.05, 3.63) is 65.2 Å². The van der Waals surface area contributed by atoms with Gasteiger partial charge in [0.25, 0.3) is 0 Å². The SMILES string of the molecule is Cc1cc(-c2ccc(OC(F)(F)F)cc2)ccc1CN(C)CC(=O)Nc1nccs1. The number of likely N-dealkylation sites (N-methyl/N-ethyl adjacent to an activating group) is 1. The quantitative estimate of drug-likeness (QED) is 0.562. The van der Waals surface area contributed by atoms with Crippen LogP contribution in [0.3, 0.4) is 0 Å². The number of benzene rings is 2. The van der Waals surface area contributed by atoms with E-state index in [0.29, 0.717) is 11.7 Å². The molecule has 1 aromatic heterocycles. The zero-order valence-electron chi connectivity index (χ0n) is 16.4. The predicted octanol–water partition coefficient (Wildman–Crippen LogP) is 5.09. The molecular weight excluding hydrogens is 415 g/mol. The van der Waals surface area contributed by atoms with E-state index in [1.54, 1.807) is 23.7 Å². The van der Waals surface area contributed by atoms with Crippen LogP contribution >= 0.6 is 11.3 Å². The molecule has 2 aromatic carbocycles. The second kappa shape index (κ2) is 9.27. The Balaban J connectivity index is 1.61. The highest BCUT2D eigenvalue weighted by Gasteiger charge is 2.30. The Labute approximate surface area is 176 Å². The summed E-state index contributed by atoms with van der Waals surface area (Å²) in [5, 5.41) is 5.11. The van der Waals surface area contributed by atoms with Gasteiger partial charge >= 0.3 is 6.36 Å². The molecule has 0 saturated heterocycles. The van der Waals surface area contributed by atoms with Crippen molar-refractivity contribution in [2.24, 2.45) is 0 Å². The fraction of sp³-hybridized carbons (Fsp3) is 0.238. The number of ether oxygens (including phenoxy) is 1. The van der Waals surface area contributed by atoms with Crippen molar-refractivity contribution in [1.82, 2.24) is 9.88 Å². The Morgan fingerprint density at radius 2 is 1.87 bits per heavy atom. The fourth-order valence-electron chi connectivity index (χ4n) is 2.94. The molecule has 1 heterocycles. The van der Waals surface area contributed by atoms with Gasteiger partial charge in [-0.25, -0.2) is 4.98 Å². The number of rotatable bonds is 7. The summed E-state index contributed by atoms with van der Waals surface area (Å²) in [7, 11) is 1.86. The number of carbonyl (C=O) groups excluding carboxylic acids is 1. The molecule has 0 atom stereocenters. The van der Waals surface area contributed by atoms with Crippen LogP contribution in [0.5, 0.6) is 5.75 Å². The van der Waals surface area contributed by atoms with Crippen molar-refractivity contribution in [3.63, 3.8) is 0 Å². The number of halogens is 3. The van der Waals surface area contributed by atoms with Crippen LogP contribution in [-0.2, 0) is 11.3 Å². The van der Waals surface area contributed by atoms with Gasteiger partial charge in [0.1, 0.15) is 5.75 Å². The highest BCUT2D eigenvalue weighted by Crippen LogP contribution is 2.28. The maximum absolute atomic E-state index is 12.3. The second-order valence-electron chi connectivity index (χ2n) is 6.77. The molecule has 3 aromatic rings. The minimum Gasteiger partial charge on any atom is -0.406 e. The molecule has 0 aliphatic heterocycles. The van der Waals surface area contributed by atoms with Gasteiger partial charge in [-0.2, -0.15) is 0 Å². The number of anilines is 1. The van der Waals surface area contributed by atoms with Crippen LogP contribution in [0.4, 0.5) is 18.3 Å². The summed E-state index contributed by atoms with van der Waals surface area (Å²) in [5.41, 5.74) is 3.75. The van der Waals surface area contributed by atoms with E-state index in [9.17, 15) is 18.0 Å². The Hall–Kier alpha value is -2.91. The van der Waals surface area contributed by atoms with Gasteiger partial charge in [-0.3, -0.25) is 9.69 Å².